The van der Waals surface area contributed by atoms with Gasteiger partial charge in [0.1, 0.15) is 12.4 Å². The lowest BCUT2D eigenvalue weighted by molar-refractivity contribution is 0.256. The average Bonchev–Trinajstić information content (AvgIpc) is 3.06. The van der Waals surface area contributed by atoms with Crippen LogP contribution in [0.2, 0.25) is 5.02 Å². The summed E-state index contributed by atoms with van der Waals surface area (Å²) in [6, 6.07) is 6.35. The Morgan fingerprint density at radius 3 is 2.81 bits per heavy atom. The molecule has 1 saturated carbocycles. The van der Waals surface area contributed by atoms with E-state index in [1.807, 2.05) is 32.2 Å². The van der Waals surface area contributed by atoms with Gasteiger partial charge in [-0.05, 0) is 50.4 Å². The van der Waals surface area contributed by atoms with Crippen LogP contribution in [0.15, 0.2) is 18.2 Å². The van der Waals surface area contributed by atoms with Crippen molar-refractivity contribution < 1.29 is 4.74 Å². The quantitative estimate of drug-likeness (QED) is 0.853. The SMILES string of the molecule is CNC(COc1ccc(C)cc1Cl)C1CC1. The molecule has 0 bridgehead atoms. The molecular weight excluding hydrogens is 222 g/mol. The summed E-state index contributed by atoms with van der Waals surface area (Å²) in [6.07, 6.45) is 2.63. The van der Waals surface area contributed by atoms with Crippen molar-refractivity contribution in [2.45, 2.75) is 25.8 Å². The highest BCUT2D eigenvalue weighted by molar-refractivity contribution is 6.32. The number of ether oxygens (including phenoxy) is 1. The summed E-state index contributed by atoms with van der Waals surface area (Å²) in [5, 5.41) is 4.00. The first kappa shape index (κ1) is 11.7. The molecule has 2 rings (SSSR count). The van der Waals surface area contributed by atoms with Crippen molar-refractivity contribution in [2.24, 2.45) is 5.92 Å². The van der Waals surface area contributed by atoms with Gasteiger partial charge in [-0.1, -0.05) is 17.7 Å². The number of halogens is 1. The Morgan fingerprint density at radius 2 is 2.25 bits per heavy atom. The van der Waals surface area contributed by atoms with Crippen molar-refractivity contribution in [1.29, 1.82) is 0 Å². The van der Waals surface area contributed by atoms with Crippen molar-refractivity contribution in [3.63, 3.8) is 0 Å². The van der Waals surface area contributed by atoms with Gasteiger partial charge in [-0.15, -0.1) is 0 Å². The highest BCUT2D eigenvalue weighted by atomic mass is 35.5. The van der Waals surface area contributed by atoms with E-state index in [0.717, 1.165) is 17.2 Å². The predicted octanol–water partition coefficient (Wildman–Crippen LogP) is 3.03. The van der Waals surface area contributed by atoms with E-state index in [1.54, 1.807) is 0 Å². The van der Waals surface area contributed by atoms with Gasteiger partial charge < -0.3 is 10.1 Å². The van der Waals surface area contributed by atoms with Crippen molar-refractivity contribution in [3.05, 3.63) is 28.8 Å². The molecule has 2 nitrogen and oxygen atoms in total. The van der Waals surface area contributed by atoms with Gasteiger partial charge in [-0.25, -0.2) is 0 Å². The molecule has 0 radical (unpaired) electrons. The van der Waals surface area contributed by atoms with Gasteiger partial charge in [-0.3, -0.25) is 0 Å². The Hall–Kier alpha value is -0.730. The standard InChI is InChI=1S/C13H18ClNO/c1-9-3-6-13(11(14)7-9)16-8-12(15-2)10-4-5-10/h3,6-7,10,12,15H,4-5,8H2,1-2H3. The largest absolute Gasteiger partial charge is 0.490 e. The van der Waals surface area contributed by atoms with E-state index < -0.39 is 0 Å². The highest BCUT2D eigenvalue weighted by Crippen LogP contribution is 2.33. The van der Waals surface area contributed by atoms with Gasteiger partial charge in [0, 0.05) is 6.04 Å². The van der Waals surface area contributed by atoms with E-state index in [1.165, 1.54) is 12.8 Å². The summed E-state index contributed by atoms with van der Waals surface area (Å²) in [6.45, 7) is 2.72. The average molecular weight is 240 g/mol. The van der Waals surface area contributed by atoms with Crippen LogP contribution in [0, 0.1) is 12.8 Å². The van der Waals surface area contributed by atoms with Crippen LogP contribution in [0.25, 0.3) is 0 Å². The first-order valence-corrected chi connectivity index (χ1v) is 6.14. The van der Waals surface area contributed by atoms with Crippen LogP contribution in [0.3, 0.4) is 0 Å². The minimum Gasteiger partial charge on any atom is -0.490 e. The molecule has 0 saturated heterocycles. The maximum atomic E-state index is 6.11. The van der Waals surface area contributed by atoms with E-state index in [9.17, 15) is 0 Å². The predicted molar refractivity (Wildman–Crippen MR) is 67.3 cm³/mol. The molecule has 0 aliphatic heterocycles. The first-order chi connectivity index (χ1) is 7.70. The second-order valence-corrected chi connectivity index (χ2v) is 4.88. The number of aryl methyl sites for hydroxylation is 1. The van der Waals surface area contributed by atoms with Gasteiger partial charge in [0.05, 0.1) is 5.02 Å². The zero-order valence-corrected chi connectivity index (χ0v) is 10.6. The normalized spacial score (nSPS) is 17.2. The summed E-state index contributed by atoms with van der Waals surface area (Å²) < 4.78 is 5.75. The number of rotatable bonds is 5. The lowest BCUT2D eigenvalue weighted by Crippen LogP contribution is -2.33. The van der Waals surface area contributed by atoms with Crippen LogP contribution in [-0.4, -0.2) is 19.7 Å². The maximum Gasteiger partial charge on any atom is 0.137 e. The third-order valence-corrected chi connectivity index (χ3v) is 3.36. The van der Waals surface area contributed by atoms with Crippen LogP contribution in [0.1, 0.15) is 18.4 Å². The van der Waals surface area contributed by atoms with E-state index in [-0.39, 0.29) is 0 Å². The second kappa shape index (κ2) is 5.07. The Labute approximate surface area is 102 Å². The minimum absolute atomic E-state index is 0.456. The van der Waals surface area contributed by atoms with Gasteiger partial charge in [0.15, 0.2) is 0 Å². The van der Waals surface area contributed by atoms with Gasteiger partial charge >= 0.3 is 0 Å². The molecule has 1 fully saturated rings. The molecular formula is C13H18ClNO. The number of benzene rings is 1. The molecule has 0 heterocycles. The van der Waals surface area contributed by atoms with Crippen molar-refractivity contribution in [3.8, 4) is 5.75 Å². The van der Waals surface area contributed by atoms with E-state index >= 15 is 0 Å². The van der Waals surface area contributed by atoms with Crippen molar-refractivity contribution in [2.75, 3.05) is 13.7 Å². The van der Waals surface area contributed by atoms with E-state index in [4.69, 9.17) is 16.3 Å². The third kappa shape index (κ3) is 2.89. The van der Waals surface area contributed by atoms with Crippen molar-refractivity contribution >= 4 is 11.6 Å². The molecule has 1 aliphatic carbocycles. The smallest absolute Gasteiger partial charge is 0.137 e. The van der Waals surface area contributed by atoms with Gasteiger partial charge in [0.25, 0.3) is 0 Å². The first-order valence-electron chi connectivity index (χ1n) is 5.77. The number of nitrogens with one attached hydrogen (secondary N) is 1. The molecule has 1 N–H and O–H groups in total. The topological polar surface area (TPSA) is 21.3 Å². The molecule has 1 aromatic rings. The molecule has 1 aromatic carbocycles. The lowest BCUT2D eigenvalue weighted by atomic mass is 10.2. The zero-order chi connectivity index (χ0) is 11.5. The molecule has 1 unspecified atom stereocenters. The molecule has 0 spiro atoms. The van der Waals surface area contributed by atoms with E-state index in [0.29, 0.717) is 17.7 Å². The number of likely N-dealkylation sites (N-methyl/N-ethyl adjacent to an activating group) is 1. The molecule has 0 amide bonds. The maximum absolute atomic E-state index is 6.11. The highest BCUT2D eigenvalue weighted by Gasteiger charge is 2.30. The van der Waals surface area contributed by atoms with Crippen LogP contribution in [0.5, 0.6) is 5.75 Å². The summed E-state index contributed by atoms with van der Waals surface area (Å²) >= 11 is 6.11. The second-order valence-electron chi connectivity index (χ2n) is 4.48. The minimum atomic E-state index is 0.456. The van der Waals surface area contributed by atoms with Crippen LogP contribution in [0.4, 0.5) is 0 Å². The van der Waals surface area contributed by atoms with E-state index in [2.05, 4.69) is 5.32 Å². The third-order valence-electron chi connectivity index (χ3n) is 3.07. The number of hydrogen-bond acceptors (Lipinski definition) is 2. The fourth-order valence-electron chi connectivity index (χ4n) is 1.86. The van der Waals surface area contributed by atoms with Crippen LogP contribution < -0.4 is 10.1 Å². The molecule has 3 heteroatoms. The molecule has 0 aromatic heterocycles. The van der Waals surface area contributed by atoms with Gasteiger partial charge in [0.2, 0.25) is 0 Å². The molecule has 88 valence electrons. The summed E-state index contributed by atoms with van der Waals surface area (Å²) in [4.78, 5) is 0. The summed E-state index contributed by atoms with van der Waals surface area (Å²) in [5.41, 5.74) is 1.16. The molecule has 1 aliphatic rings. The molecule has 1 atom stereocenters. The molecule has 16 heavy (non-hydrogen) atoms. The lowest BCUT2D eigenvalue weighted by Gasteiger charge is -2.17. The monoisotopic (exact) mass is 239 g/mol. The van der Waals surface area contributed by atoms with Crippen LogP contribution >= 0.6 is 11.6 Å². The van der Waals surface area contributed by atoms with Gasteiger partial charge in [-0.2, -0.15) is 0 Å². The Balaban J connectivity index is 1.92. The Bertz CT molecular complexity index is 363. The summed E-state index contributed by atoms with van der Waals surface area (Å²) in [5.74, 6) is 1.57. The Kier molecular flexibility index (Phi) is 3.72. The van der Waals surface area contributed by atoms with Crippen LogP contribution in [-0.2, 0) is 0 Å². The fourth-order valence-corrected chi connectivity index (χ4v) is 2.15. The zero-order valence-electron chi connectivity index (χ0n) is 9.79. The van der Waals surface area contributed by atoms with Crippen molar-refractivity contribution in [1.82, 2.24) is 5.32 Å². The fraction of sp³-hybridized carbons (Fsp3) is 0.538. The number of hydrogen-bond donors (Lipinski definition) is 1. The Morgan fingerprint density at radius 1 is 1.50 bits per heavy atom. The summed E-state index contributed by atoms with van der Waals surface area (Å²) in [7, 11) is 1.99.